The Bertz CT molecular complexity index is 765. The number of aryl methyl sites for hydroxylation is 1. The van der Waals surface area contributed by atoms with Crippen LogP contribution in [0.1, 0.15) is 16.7 Å². The molecule has 0 aliphatic heterocycles. The Morgan fingerprint density at radius 3 is 2.43 bits per heavy atom. The van der Waals surface area contributed by atoms with E-state index in [1.807, 2.05) is 6.92 Å². The molecule has 0 unspecified atom stereocenters. The molecule has 21 heavy (non-hydrogen) atoms. The van der Waals surface area contributed by atoms with Gasteiger partial charge in [0.1, 0.15) is 5.82 Å². The van der Waals surface area contributed by atoms with Gasteiger partial charge in [-0.05, 0) is 47.9 Å². The Balaban J connectivity index is 2.14. The minimum atomic E-state index is -3.39. The molecule has 0 aromatic heterocycles. The Morgan fingerprint density at radius 2 is 1.81 bits per heavy atom. The quantitative estimate of drug-likeness (QED) is 0.836. The Morgan fingerprint density at radius 1 is 1.14 bits per heavy atom. The SMILES string of the molecule is Cc1cc(CS(=O)(=O)C=Cc2ccc(F)cc2)ccc1Cl. The van der Waals surface area contributed by atoms with Gasteiger partial charge in [-0.25, -0.2) is 12.8 Å². The lowest BCUT2D eigenvalue weighted by Crippen LogP contribution is -2.00. The summed E-state index contributed by atoms with van der Waals surface area (Å²) >= 11 is 5.91. The fraction of sp³-hybridized carbons (Fsp3) is 0.125. The molecule has 0 amide bonds. The first-order valence-corrected chi connectivity index (χ1v) is 8.36. The zero-order chi connectivity index (χ0) is 15.5. The maximum absolute atomic E-state index is 12.8. The third-order valence-electron chi connectivity index (χ3n) is 2.93. The van der Waals surface area contributed by atoms with Gasteiger partial charge in [0.2, 0.25) is 0 Å². The van der Waals surface area contributed by atoms with E-state index in [1.165, 1.54) is 30.3 Å². The van der Waals surface area contributed by atoms with Crippen LogP contribution in [0.25, 0.3) is 6.08 Å². The highest BCUT2D eigenvalue weighted by atomic mass is 35.5. The van der Waals surface area contributed by atoms with E-state index in [0.717, 1.165) is 11.0 Å². The van der Waals surface area contributed by atoms with Crippen molar-refractivity contribution in [3.05, 3.63) is 75.4 Å². The third kappa shape index (κ3) is 4.69. The minimum Gasteiger partial charge on any atom is -0.224 e. The molecule has 2 nitrogen and oxygen atoms in total. The normalized spacial score (nSPS) is 12.0. The summed E-state index contributed by atoms with van der Waals surface area (Å²) in [5.41, 5.74) is 2.15. The molecular weight excluding hydrogens is 311 g/mol. The second kappa shape index (κ2) is 6.41. The van der Waals surface area contributed by atoms with Crippen molar-refractivity contribution in [3.8, 4) is 0 Å². The predicted molar refractivity (Wildman–Crippen MR) is 84.2 cm³/mol. The smallest absolute Gasteiger partial charge is 0.175 e. The molecule has 0 aliphatic rings. The first kappa shape index (κ1) is 15.7. The molecule has 110 valence electrons. The third-order valence-corrected chi connectivity index (χ3v) is 4.64. The van der Waals surface area contributed by atoms with Gasteiger partial charge >= 0.3 is 0 Å². The maximum Gasteiger partial charge on any atom is 0.175 e. The van der Waals surface area contributed by atoms with Crippen LogP contribution < -0.4 is 0 Å². The van der Waals surface area contributed by atoms with Crippen LogP contribution in [0.5, 0.6) is 0 Å². The summed E-state index contributed by atoms with van der Waals surface area (Å²) in [7, 11) is -3.39. The van der Waals surface area contributed by atoms with Crippen molar-refractivity contribution in [2.24, 2.45) is 0 Å². The molecule has 5 heteroatoms. The monoisotopic (exact) mass is 324 g/mol. The van der Waals surface area contributed by atoms with Crippen LogP contribution in [0.4, 0.5) is 4.39 Å². The molecule has 0 spiro atoms. The Hall–Kier alpha value is -1.65. The molecule has 2 aromatic rings. The minimum absolute atomic E-state index is 0.0945. The highest BCUT2D eigenvalue weighted by Crippen LogP contribution is 2.18. The van der Waals surface area contributed by atoms with Gasteiger partial charge in [0.15, 0.2) is 9.84 Å². The van der Waals surface area contributed by atoms with Crippen LogP contribution in [-0.4, -0.2) is 8.42 Å². The highest BCUT2D eigenvalue weighted by Gasteiger charge is 2.09. The van der Waals surface area contributed by atoms with Gasteiger partial charge in [-0.3, -0.25) is 0 Å². The topological polar surface area (TPSA) is 34.1 Å². The number of hydrogen-bond acceptors (Lipinski definition) is 2. The van der Waals surface area contributed by atoms with Crippen molar-refractivity contribution in [2.75, 3.05) is 0 Å². The molecule has 0 fully saturated rings. The van der Waals surface area contributed by atoms with Crippen molar-refractivity contribution < 1.29 is 12.8 Å². The lowest BCUT2D eigenvalue weighted by Gasteiger charge is -2.03. The molecule has 0 bridgehead atoms. The zero-order valence-electron chi connectivity index (χ0n) is 11.4. The second-order valence-electron chi connectivity index (χ2n) is 4.75. The van der Waals surface area contributed by atoms with Gasteiger partial charge in [-0.2, -0.15) is 0 Å². The van der Waals surface area contributed by atoms with Gasteiger partial charge in [0.25, 0.3) is 0 Å². The summed E-state index contributed by atoms with van der Waals surface area (Å²) in [6.07, 6.45) is 1.46. The first-order valence-electron chi connectivity index (χ1n) is 6.27. The molecule has 0 radical (unpaired) electrons. The van der Waals surface area contributed by atoms with Gasteiger partial charge in [0.05, 0.1) is 5.75 Å². The van der Waals surface area contributed by atoms with Crippen molar-refractivity contribution in [1.82, 2.24) is 0 Å². The van der Waals surface area contributed by atoms with Gasteiger partial charge in [-0.1, -0.05) is 35.9 Å². The van der Waals surface area contributed by atoms with E-state index in [1.54, 1.807) is 18.2 Å². The van der Waals surface area contributed by atoms with E-state index < -0.39 is 9.84 Å². The molecule has 0 atom stereocenters. The zero-order valence-corrected chi connectivity index (χ0v) is 13.0. The maximum atomic E-state index is 12.8. The van der Waals surface area contributed by atoms with Crippen LogP contribution in [0.3, 0.4) is 0 Å². The van der Waals surface area contributed by atoms with E-state index in [0.29, 0.717) is 16.1 Å². The summed E-state index contributed by atoms with van der Waals surface area (Å²) in [6.45, 7) is 1.83. The summed E-state index contributed by atoms with van der Waals surface area (Å²) in [5.74, 6) is -0.449. The predicted octanol–water partition coefficient (Wildman–Crippen LogP) is 4.37. The summed E-state index contributed by atoms with van der Waals surface area (Å²) in [6, 6.07) is 10.8. The molecule has 0 saturated carbocycles. The fourth-order valence-electron chi connectivity index (χ4n) is 1.83. The van der Waals surface area contributed by atoms with Crippen LogP contribution in [0.15, 0.2) is 47.9 Å². The number of rotatable bonds is 4. The van der Waals surface area contributed by atoms with Gasteiger partial charge < -0.3 is 0 Å². The summed E-state index contributed by atoms with van der Waals surface area (Å²) < 4.78 is 36.9. The molecule has 0 N–H and O–H groups in total. The number of benzene rings is 2. The van der Waals surface area contributed by atoms with Gasteiger partial charge in [0, 0.05) is 10.4 Å². The van der Waals surface area contributed by atoms with E-state index in [9.17, 15) is 12.8 Å². The molecule has 2 rings (SSSR count). The van der Waals surface area contributed by atoms with Crippen molar-refractivity contribution in [1.29, 1.82) is 0 Å². The molecular formula is C16H14ClFO2S. The summed E-state index contributed by atoms with van der Waals surface area (Å²) in [4.78, 5) is 0. The second-order valence-corrected chi connectivity index (χ2v) is 7.04. The van der Waals surface area contributed by atoms with Gasteiger partial charge in [-0.15, -0.1) is 0 Å². The number of hydrogen-bond donors (Lipinski definition) is 0. The van der Waals surface area contributed by atoms with Crippen molar-refractivity contribution in [2.45, 2.75) is 12.7 Å². The van der Waals surface area contributed by atoms with Crippen LogP contribution >= 0.6 is 11.6 Å². The standard InChI is InChI=1S/C16H14ClFO2S/c1-12-10-14(4-7-16(12)17)11-21(19,20)9-8-13-2-5-15(18)6-3-13/h2-10H,11H2,1H3. The largest absolute Gasteiger partial charge is 0.224 e. The number of halogens is 2. The van der Waals surface area contributed by atoms with Crippen LogP contribution in [0, 0.1) is 12.7 Å². The van der Waals surface area contributed by atoms with Crippen LogP contribution in [0.2, 0.25) is 5.02 Å². The average Bonchev–Trinajstić information content (AvgIpc) is 2.42. The van der Waals surface area contributed by atoms with E-state index in [4.69, 9.17) is 11.6 Å². The van der Waals surface area contributed by atoms with E-state index in [2.05, 4.69) is 0 Å². The van der Waals surface area contributed by atoms with Crippen molar-refractivity contribution >= 4 is 27.5 Å². The molecule has 2 aromatic carbocycles. The number of sulfone groups is 1. The van der Waals surface area contributed by atoms with E-state index >= 15 is 0 Å². The summed E-state index contributed by atoms with van der Waals surface area (Å²) in [5, 5.41) is 1.75. The fourth-order valence-corrected chi connectivity index (χ4v) is 3.06. The average molecular weight is 325 g/mol. The van der Waals surface area contributed by atoms with Crippen LogP contribution in [-0.2, 0) is 15.6 Å². The molecule has 0 aliphatic carbocycles. The van der Waals surface area contributed by atoms with E-state index in [-0.39, 0.29) is 11.6 Å². The molecule has 0 saturated heterocycles. The van der Waals surface area contributed by atoms with Crippen molar-refractivity contribution in [3.63, 3.8) is 0 Å². The first-order chi connectivity index (χ1) is 9.85. The Labute approximate surface area is 128 Å². The lowest BCUT2D eigenvalue weighted by atomic mass is 10.2. The Kier molecular flexibility index (Phi) is 4.80. The molecule has 0 heterocycles. The lowest BCUT2D eigenvalue weighted by molar-refractivity contribution is 0.604. The highest BCUT2D eigenvalue weighted by molar-refractivity contribution is 7.93.